The minimum atomic E-state index is -0.561. The fraction of sp³-hybridized carbons (Fsp3) is 0.133. The molecule has 0 aliphatic heterocycles. The Hall–Kier alpha value is -1.81. The summed E-state index contributed by atoms with van der Waals surface area (Å²) in [5.41, 5.74) is 0.761. The van der Waals surface area contributed by atoms with Crippen LogP contribution in [0.25, 0.3) is 0 Å². The summed E-state index contributed by atoms with van der Waals surface area (Å²) in [4.78, 5) is 12.0. The Morgan fingerprint density at radius 1 is 1.16 bits per heavy atom. The highest BCUT2D eigenvalue weighted by Crippen LogP contribution is 2.19. The summed E-state index contributed by atoms with van der Waals surface area (Å²) in [6.45, 7) is 1.72. The van der Waals surface area contributed by atoms with Crippen LogP contribution in [-0.2, 0) is 4.79 Å². The molecule has 0 aliphatic rings. The Kier molecular flexibility index (Phi) is 4.58. The second kappa shape index (κ2) is 6.38. The van der Waals surface area contributed by atoms with Gasteiger partial charge in [0.05, 0.1) is 0 Å². The summed E-state index contributed by atoms with van der Waals surface area (Å²) in [5, 5.41) is 2.80. The zero-order chi connectivity index (χ0) is 13.7. The summed E-state index contributed by atoms with van der Waals surface area (Å²) >= 11 is 3.36. The van der Waals surface area contributed by atoms with E-state index < -0.39 is 6.10 Å². The van der Waals surface area contributed by atoms with Crippen molar-refractivity contribution in [3.63, 3.8) is 0 Å². The van der Waals surface area contributed by atoms with Crippen molar-refractivity contribution >= 4 is 27.5 Å². The number of halogens is 1. The average Bonchev–Trinajstić information content (AvgIpc) is 2.40. The molecule has 0 aromatic heterocycles. The third kappa shape index (κ3) is 4.10. The molecule has 1 amide bonds. The molecule has 2 aromatic rings. The zero-order valence-electron chi connectivity index (χ0n) is 10.5. The molecule has 2 rings (SSSR count). The number of hydrogen-bond donors (Lipinski definition) is 1. The van der Waals surface area contributed by atoms with E-state index in [0.717, 1.165) is 10.2 Å². The number of para-hydroxylation sites is 1. The van der Waals surface area contributed by atoms with Gasteiger partial charge in [-0.25, -0.2) is 0 Å². The van der Waals surface area contributed by atoms with Gasteiger partial charge < -0.3 is 10.1 Å². The first-order chi connectivity index (χ1) is 9.15. The van der Waals surface area contributed by atoms with E-state index in [1.54, 1.807) is 6.92 Å². The van der Waals surface area contributed by atoms with E-state index in [2.05, 4.69) is 21.2 Å². The van der Waals surface area contributed by atoms with E-state index in [1.807, 2.05) is 54.6 Å². The van der Waals surface area contributed by atoms with Crippen LogP contribution in [0, 0.1) is 0 Å². The van der Waals surface area contributed by atoms with Crippen LogP contribution in [0.4, 0.5) is 5.69 Å². The molecular formula is C15H14BrNO2. The Bertz CT molecular complexity index is 557. The second-order valence-electron chi connectivity index (χ2n) is 4.07. The molecule has 2 aromatic carbocycles. The van der Waals surface area contributed by atoms with Crippen molar-refractivity contribution in [3.05, 3.63) is 59.1 Å². The van der Waals surface area contributed by atoms with E-state index in [9.17, 15) is 4.79 Å². The molecule has 3 nitrogen and oxygen atoms in total. The summed E-state index contributed by atoms with van der Waals surface area (Å²) < 4.78 is 6.50. The Balaban J connectivity index is 1.96. The van der Waals surface area contributed by atoms with Crippen LogP contribution in [-0.4, -0.2) is 12.0 Å². The predicted octanol–water partition coefficient (Wildman–Crippen LogP) is 3.86. The number of amides is 1. The lowest BCUT2D eigenvalue weighted by Gasteiger charge is -2.14. The van der Waals surface area contributed by atoms with E-state index >= 15 is 0 Å². The van der Waals surface area contributed by atoms with Crippen molar-refractivity contribution in [2.24, 2.45) is 0 Å². The van der Waals surface area contributed by atoms with Crippen molar-refractivity contribution in [1.82, 2.24) is 0 Å². The SMILES string of the molecule is C[C@H](Oc1cccc(Br)c1)C(=O)Nc1ccccc1. The van der Waals surface area contributed by atoms with Crippen LogP contribution in [0.1, 0.15) is 6.92 Å². The highest BCUT2D eigenvalue weighted by molar-refractivity contribution is 9.10. The summed E-state index contributed by atoms with van der Waals surface area (Å²) in [6, 6.07) is 16.7. The first kappa shape index (κ1) is 13.6. The number of ether oxygens (including phenoxy) is 1. The number of carbonyl (C=O) groups excluding carboxylic acids is 1. The molecule has 0 bridgehead atoms. The van der Waals surface area contributed by atoms with Gasteiger partial charge in [0.1, 0.15) is 5.75 Å². The highest BCUT2D eigenvalue weighted by atomic mass is 79.9. The molecule has 98 valence electrons. The molecule has 0 fully saturated rings. The van der Waals surface area contributed by atoms with Gasteiger partial charge in [-0.3, -0.25) is 4.79 Å². The number of anilines is 1. The minimum absolute atomic E-state index is 0.175. The molecule has 4 heteroatoms. The van der Waals surface area contributed by atoms with Crippen LogP contribution in [0.15, 0.2) is 59.1 Å². The Morgan fingerprint density at radius 2 is 1.89 bits per heavy atom. The van der Waals surface area contributed by atoms with Gasteiger partial charge in [-0.1, -0.05) is 40.2 Å². The fourth-order valence-corrected chi connectivity index (χ4v) is 1.94. The highest BCUT2D eigenvalue weighted by Gasteiger charge is 2.14. The lowest BCUT2D eigenvalue weighted by atomic mass is 10.3. The first-order valence-electron chi connectivity index (χ1n) is 5.93. The zero-order valence-corrected chi connectivity index (χ0v) is 12.1. The van der Waals surface area contributed by atoms with Gasteiger partial charge in [-0.15, -0.1) is 0 Å². The summed E-state index contributed by atoms with van der Waals surface area (Å²) in [6.07, 6.45) is -0.561. The molecule has 0 heterocycles. The summed E-state index contributed by atoms with van der Waals surface area (Å²) in [7, 11) is 0. The first-order valence-corrected chi connectivity index (χ1v) is 6.72. The van der Waals surface area contributed by atoms with E-state index in [1.165, 1.54) is 0 Å². The quantitative estimate of drug-likeness (QED) is 0.929. The molecule has 0 saturated carbocycles. The second-order valence-corrected chi connectivity index (χ2v) is 4.99. The van der Waals surface area contributed by atoms with Crippen LogP contribution in [0.3, 0.4) is 0 Å². The molecule has 0 aliphatic carbocycles. The normalized spacial score (nSPS) is 11.7. The number of benzene rings is 2. The van der Waals surface area contributed by atoms with Gasteiger partial charge in [0.15, 0.2) is 6.10 Å². The monoisotopic (exact) mass is 319 g/mol. The molecule has 19 heavy (non-hydrogen) atoms. The third-order valence-electron chi connectivity index (χ3n) is 2.52. The molecule has 1 atom stereocenters. The van der Waals surface area contributed by atoms with Crippen molar-refractivity contribution in [3.8, 4) is 5.75 Å². The number of carbonyl (C=O) groups is 1. The largest absolute Gasteiger partial charge is 0.481 e. The van der Waals surface area contributed by atoms with Crippen LogP contribution < -0.4 is 10.1 Å². The fourth-order valence-electron chi connectivity index (χ4n) is 1.56. The molecule has 0 saturated heterocycles. The Morgan fingerprint density at radius 3 is 2.58 bits per heavy atom. The Labute approximate surface area is 120 Å². The van der Waals surface area contributed by atoms with Crippen molar-refractivity contribution in [2.75, 3.05) is 5.32 Å². The standard InChI is InChI=1S/C15H14BrNO2/c1-11(19-14-9-5-6-12(16)10-14)15(18)17-13-7-3-2-4-8-13/h2-11H,1H3,(H,17,18)/t11-/m0/s1. The smallest absolute Gasteiger partial charge is 0.265 e. The molecular weight excluding hydrogens is 306 g/mol. The van der Waals surface area contributed by atoms with Gasteiger partial charge in [-0.2, -0.15) is 0 Å². The molecule has 0 unspecified atom stereocenters. The van der Waals surface area contributed by atoms with Crippen molar-refractivity contribution < 1.29 is 9.53 Å². The van der Waals surface area contributed by atoms with Gasteiger partial charge >= 0.3 is 0 Å². The lowest BCUT2D eigenvalue weighted by Crippen LogP contribution is -2.30. The van der Waals surface area contributed by atoms with Crippen molar-refractivity contribution in [2.45, 2.75) is 13.0 Å². The predicted molar refractivity (Wildman–Crippen MR) is 79.3 cm³/mol. The van der Waals surface area contributed by atoms with Gasteiger partial charge in [-0.05, 0) is 37.3 Å². The maximum atomic E-state index is 12.0. The molecule has 0 spiro atoms. The average molecular weight is 320 g/mol. The number of hydrogen-bond acceptors (Lipinski definition) is 2. The third-order valence-corrected chi connectivity index (χ3v) is 3.01. The topological polar surface area (TPSA) is 38.3 Å². The lowest BCUT2D eigenvalue weighted by molar-refractivity contribution is -0.122. The van der Waals surface area contributed by atoms with Crippen molar-refractivity contribution in [1.29, 1.82) is 0 Å². The summed E-state index contributed by atoms with van der Waals surface area (Å²) in [5.74, 6) is 0.483. The van der Waals surface area contributed by atoms with Crippen LogP contribution >= 0.6 is 15.9 Å². The maximum Gasteiger partial charge on any atom is 0.265 e. The van der Waals surface area contributed by atoms with E-state index in [4.69, 9.17) is 4.74 Å². The minimum Gasteiger partial charge on any atom is -0.481 e. The maximum absolute atomic E-state index is 12.0. The molecule has 1 N–H and O–H groups in total. The van der Waals surface area contributed by atoms with Crippen LogP contribution in [0.5, 0.6) is 5.75 Å². The van der Waals surface area contributed by atoms with Gasteiger partial charge in [0, 0.05) is 10.2 Å². The number of nitrogens with one attached hydrogen (secondary N) is 1. The molecule has 0 radical (unpaired) electrons. The number of rotatable bonds is 4. The van der Waals surface area contributed by atoms with Gasteiger partial charge in [0.2, 0.25) is 0 Å². The van der Waals surface area contributed by atoms with Crippen LogP contribution in [0.2, 0.25) is 0 Å². The van der Waals surface area contributed by atoms with Gasteiger partial charge in [0.25, 0.3) is 5.91 Å². The van der Waals surface area contributed by atoms with E-state index in [-0.39, 0.29) is 5.91 Å². The van der Waals surface area contributed by atoms with E-state index in [0.29, 0.717) is 5.75 Å².